The molecule has 1 aliphatic heterocycles. The molecule has 0 saturated carbocycles. The fraction of sp³-hybridized carbons (Fsp3) is 0.846. The third-order valence-corrected chi connectivity index (χ3v) is 3.64. The molecule has 3 N–H and O–H groups in total. The maximum absolute atomic E-state index is 12.0. The van der Waals surface area contributed by atoms with Crippen LogP contribution < -0.4 is 11.1 Å². The second-order valence-electron chi connectivity index (χ2n) is 6.09. The van der Waals surface area contributed by atoms with Gasteiger partial charge < -0.3 is 16.0 Å². The Morgan fingerprint density at radius 3 is 2.61 bits per heavy atom. The van der Waals surface area contributed by atoms with Gasteiger partial charge in [0.25, 0.3) is 0 Å². The summed E-state index contributed by atoms with van der Waals surface area (Å²) in [7, 11) is 0. The number of piperidine rings is 1. The Morgan fingerprint density at radius 1 is 1.39 bits per heavy atom. The molecule has 18 heavy (non-hydrogen) atoms. The number of nitrogens with one attached hydrogen (secondary N) is 1. The molecule has 0 aliphatic carbocycles. The maximum Gasteiger partial charge on any atom is 0.312 e. The van der Waals surface area contributed by atoms with Gasteiger partial charge >= 0.3 is 6.03 Å². The van der Waals surface area contributed by atoms with Crippen molar-refractivity contribution in [3.63, 3.8) is 0 Å². The van der Waals surface area contributed by atoms with Crippen LogP contribution in [0.2, 0.25) is 0 Å². The number of hydrogen-bond acceptors (Lipinski definition) is 2. The Balaban J connectivity index is 2.41. The van der Waals surface area contributed by atoms with Gasteiger partial charge in [-0.2, -0.15) is 0 Å². The lowest BCUT2D eigenvalue weighted by Crippen LogP contribution is -2.44. The fourth-order valence-electron chi connectivity index (χ4n) is 2.36. The van der Waals surface area contributed by atoms with Gasteiger partial charge in [0.2, 0.25) is 5.91 Å². The molecule has 1 atom stereocenters. The molecule has 104 valence electrons. The molecule has 3 amide bonds. The van der Waals surface area contributed by atoms with Gasteiger partial charge in [0.15, 0.2) is 0 Å². The molecule has 1 rings (SSSR count). The second kappa shape index (κ2) is 6.07. The molecule has 1 heterocycles. The molecule has 0 radical (unpaired) electrons. The molecule has 0 aromatic heterocycles. The van der Waals surface area contributed by atoms with Crippen LogP contribution in [0.15, 0.2) is 0 Å². The number of primary amides is 1. The Bertz CT molecular complexity index is 310. The zero-order valence-electron chi connectivity index (χ0n) is 11.7. The Hall–Kier alpha value is -1.26. The van der Waals surface area contributed by atoms with E-state index in [2.05, 4.69) is 26.1 Å². The highest BCUT2D eigenvalue weighted by Crippen LogP contribution is 2.33. The van der Waals surface area contributed by atoms with Crippen LogP contribution in [-0.2, 0) is 4.79 Å². The quantitative estimate of drug-likeness (QED) is 0.798. The standard InChI is InChI=1S/C13H25N3O2/c1-13(2,3)10-5-4-8-16(9-10)11(17)6-7-15-12(14)18/h10H,4-9H2,1-3H3,(H3,14,15,18). The molecule has 1 unspecified atom stereocenters. The van der Waals surface area contributed by atoms with Crippen molar-refractivity contribution in [2.45, 2.75) is 40.0 Å². The van der Waals surface area contributed by atoms with E-state index in [-0.39, 0.29) is 11.3 Å². The summed E-state index contributed by atoms with van der Waals surface area (Å²) in [5, 5.41) is 2.45. The zero-order chi connectivity index (χ0) is 13.8. The van der Waals surface area contributed by atoms with Crippen molar-refractivity contribution in [3.05, 3.63) is 0 Å². The lowest BCUT2D eigenvalue weighted by molar-refractivity contribution is -0.133. The molecule has 5 nitrogen and oxygen atoms in total. The molecule has 5 heteroatoms. The summed E-state index contributed by atoms with van der Waals surface area (Å²) in [6.45, 7) is 8.66. The number of amides is 3. The number of likely N-dealkylation sites (tertiary alicyclic amines) is 1. The van der Waals surface area contributed by atoms with Gasteiger partial charge in [-0.1, -0.05) is 20.8 Å². The van der Waals surface area contributed by atoms with E-state index in [4.69, 9.17) is 5.73 Å². The Kier molecular flexibility index (Phi) is 4.99. The van der Waals surface area contributed by atoms with Crippen LogP contribution in [0.5, 0.6) is 0 Å². The van der Waals surface area contributed by atoms with Crippen LogP contribution in [0.25, 0.3) is 0 Å². The van der Waals surface area contributed by atoms with Crippen molar-refractivity contribution in [1.29, 1.82) is 0 Å². The van der Waals surface area contributed by atoms with E-state index in [9.17, 15) is 9.59 Å². The van der Waals surface area contributed by atoms with Gasteiger partial charge in [0, 0.05) is 26.1 Å². The number of rotatable bonds is 3. The molecule has 0 aromatic carbocycles. The van der Waals surface area contributed by atoms with Gasteiger partial charge in [-0.25, -0.2) is 4.79 Å². The molecular formula is C13H25N3O2. The number of urea groups is 1. The minimum absolute atomic E-state index is 0.109. The van der Waals surface area contributed by atoms with Crippen LogP contribution >= 0.6 is 0 Å². The smallest absolute Gasteiger partial charge is 0.312 e. The number of carbonyl (C=O) groups excluding carboxylic acids is 2. The average molecular weight is 255 g/mol. The molecule has 1 fully saturated rings. The zero-order valence-corrected chi connectivity index (χ0v) is 11.7. The van der Waals surface area contributed by atoms with Crippen molar-refractivity contribution in [2.75, 3.05) is 19.6 Å². The molecule has 0 spiro atoms. The van der Waals surface area contributed by atoms with Gasteiger partial charge in [-0.3, -0.25) is 4.79 Å². The van der Waals surface area contributed by atoms with Crippen molar-refractivity contribution < 1.29 is 9.59 Å². The van der Waals surface area contributed by atoms with Crippen molar-refractivity contribution in [2.24, 2.45) is 17.1 Å². The van der Waals surface area contributed by atoms with Gasteiger partial charge in [0.1, 0.15) is 0 Å². The topological polar surface area (TPSA) is 75.4 Å². The third kappa shape index (κ3) is 4.55. The van der Waals surface area contributed by atoms with E-state index >= 15 is 0 Å². The summed E-state index contributed by atoms with van der Waals surface area (Å²) in [4.78, 5) is 24.4. The van der Waals surface area contributed by atoms with Crippen LogP contribution in [-0.4, -0.2) is 36.5 Å². The number of hydrogen-bond donors (Lipinski definition) is 2. The van der Waals surface area contributed by atoms with Crippen LogP contribution in [0.1, 0.15) is 40.0 Å². The minimum atomic E-state index is -0.575. The van der Waals surface area contributed by atoms with E-state index < -0.39 is 6.03 Å². The third-order valence-electron chi connectivity index (χ3n) is 3.64. The van der Waals surface area contributed by atoms with Crippen LogP contribution in [0, 0.1) is 11.3 Å². The molecule has 1 saturated heterocycles. The number of nitrogens with two attached hydrogens (primary N) is 1. The summed E-state index contributed by atoms with van der Waals surface area (Å²) in [6, 6.07) is -0.575. The van der Waals surface area contributed by atoms with E-state index in [0.717, 1.165) is 19.5 Å². The second-order valence-corrected chi connectivity index (χ2v) is 6.09. The first-order valence-electron chi connectivity index (χ1n) is 6.62. The summed E-state index contributed by atoms with van der Waals surface area (Å²) in [5.74, 6) is 0.664. The number of carbonyl (C=O) groups is 2. The van der Waals surface area contributed by atoms with Crippen LogP contribution in [0.4, 0.5) is 4.79 Å². The van der Waals surface area contributed by atoms with Gasteiger partial charge in [-0.05, 0) is 24.2 Å². The van der Waals surface area contributed by atoms with Gasteiger partial charge in [-0.15, -0.1) is 0 Å². The summed E-state index contributed by atoms with van der Waals surface area (Å²) < 4.78 is 0. The maximum atomic E-state index is 12.0. The molecule has 0 aromatic rings. The predicted molar refractivity (Wildman–Crippen MR) is 71.0 cm³/mol. The SMILES string of the molecule is CC(C)(C)C1CCCN(C(=O)CCNC(N)=O)C1. The highest BCUT2D eigenvalue weighted by molar-refractivity contribution is 5.77. The van der Waals surface area contributed by atoms with Crippen LogP contribution in [0.3, 0.4) is 0 Å². The molecule has 0 bridgehead atoms. The van der Waals surface area contributed by atoms with Crippen molar-refractivity contribution in [1.82, 2.24) is 10.2 Å². The Labute approximate surface area is 109 Å². The first-order chi connectivity index (χ1) is 8.30. The first kappa shape index (κ1) is 14.8. The Morgan fingerprint density at radius 2 is 2.06 bits per heavy atom. The predicted octanol–water partition coefficient (Wildman–Crippen LogP) is 1.33. The molecule has 1 aliphatic rings. The molecular weight excluding hydrogens is 230 g/mol. The first-order valence-corrected chi connectivity index (χ1v) is 6.62. The monoisotopic (exact) mass is 255 g/mol. The lowest BCUT2D eigenvalue weighted by atomic mass is 9.76. The average Bonchev–Trinajstić information content (AvgIpc) is 2.27. The largest absolute Gasteiger partial charge is 0.352 e. The summed E-state index contributed by atoms with van der Waals surface area (Å²) in [6.07, 6.45) is 2.59. The number of nitrogens with zero attached hydrogens (tertiary/aromatic N) is 1. The highest BCUT2D eigenvalue weighted by atomic mass is 16.2. The van der Waals surface area contributed by atoms with E-state index in [1.54, 1.807) is 0 Å². The summed E-state index contributed by atoms with van der Waals surface area (Å²) in [5.41, 5.74) is 5.20. The van der Waals surface area contributed by atoms with E-state index in [0.29, 0.717) is 18.9 Å². The van der Waals surface area contributed by atoms with E-state index in [1.807, 2.05) is 4.90 Å². The van der Waals surface area contributed by atoms with Crippen molar-refractivity contribution >= 4 is 11.9 Å². The highest BCUT2D eigenvalue weighted by Gasteiger charge is 2.31. The van der Waals surface area contributed by atoms with Crippen molar-refractivity contribution in [3.8, 4) is 0 Å². The summed E-state index contributed by atoms with van der Waals surface area (Å²) >= 11 is 0. The fourth-order valence-corrected chi connectivity index (χ4v) is 2.36. The lowest BCUT2D eigenvalue weighted by Gasteiger charge is -2.39. The minimum Gasteiger partial charge on any atom is -0.352 e. The van der Waals surface area contributed by atoms with Gasteiger partial charge in [0.05, 0.1) is 0 Å². The normalized spacial score (nSPS) is 20.6. The van der Waals surface area contributed by atoms with E-state index in [1.165, 1.54) is 6.42 Å².